The van der Waals surface area contributed by atoms with Crippen molar-refractivity contribution >= 4 is 35.0 Å². The lowest BCUT2D eigenvalue weighted by atomic mass is 10.1. The number of benzene rings is 2. The van der Waals surface area contributed by atoms with Crippen LogP contribution in [0.25, 0.3) is 0 Å². The number of halogens is 2. The van der Waals surface area contributed by atoms with Gasteiger partial charge in [0.2, 0.25) is 5.91 Å². The van der Waals surface area contributed by atoms with Crippen molar-refractivity contribution in [2.24, 2.45) is 0 Å². The van der Waals surface area contributed by atoms with Crippen molar-refractivity contribution in [2.45, 2.75) is 33.4 Å². The lowest BCUT2D eigenvalue weighted by Gasteiger charge is -2.28. The highest BCUT2D eigenvalue weighted by molar-refractivity contribution is 6.42. The van der Waals surface area contributed by atoms with Crippen LogP contribution in [0.1, 0.15) is 23.6 Å². The molecule has 0 saturated carbocycles. The van der Waals surface area contributed by atoms with Crippen molar-refractivity contribution < 1.29 is 14.3 Å². The number of ether oxygens (including phenoxy) is 1. The molecule has 2 amide bonds. The molecule has 0 aliphatic heterocycles. The van der Waals surface area contributed by atoms with Gasteiger partial charge in [0, 0.05) is 13.6 Å². The molecule has 1 atom stereocenters. The number of nitrogens with one attached hydrogen (secondary N) is 1. The fourth-order valence-corrected chi connectivity index (χ4v) is 3.05. The fraction of sp³-hybridized carbons (Fsp3) is 0.333. The summed E-state index contributed by atoms with van der Waals surface area (Å²) in [6.45, 7) is 5.63. The predicted octanol–water partition coefficient (Wildman–Crippen LogP) is 4.15. The first-order valence-corrected chi connectivity index (χ1v) is 9.64. The normalized spacial score (nSPS) is 11.6. The van der Waals surface area contributed by atoms with Gasteiger partial charge in [-0.1, -0.05) is 41.4 Å². The number of rotatable bonds is 7. The van der Waals surface area contributed by atoms with Gasteiger partial charge in [0.15, 0.2) is 6.61 Å². The van der Waals surface area contributed by atoms with Gasteiger partial charge in [0.1, 0.15) is 11.8 Å². The molecule has 1 N–H and O–H groups in total. The van der Waals surface area contributed by atoms with Gasteiger partial charge in [-0.25, -0.2) is 0 Å². The third kappa shape index (κ3) is 5.40. The zero-order valence-corrected chi connectivity index (χ0v) is 17.9. The summed E-state index contributed by atoms with van der Waals surface area (Å²) in [7, 11) is 1.53. The maximum atomic E-state index is 12.9. The zero-order chi connectivity index (χ0) is 20.8. The molecule has 2 aromatic rings. The van der Waals surface area contributed by atoms with Crippen LogP contribution >= 0.6 is 23.2 Å². The highest BCUT2D eigenvalue weighted by atomic mass is 35.5. The number of aryl methyl sites for hydroxylation is 1. The van der Waals surface area contributed by atoms with E-state index in [1.165, 1.54) is 11.9 Å². The average Bonchev–Trinajstić information content (AvgIpc) is 2.68. The van der Waals surface area contributed by atoms with Gasteiger partial charge in [0.05, 0.1) is 10.0 Å². The standard InChI is InChI=1S/C21H24Cl2N2O3/c1-13-6-5-7-19(14(13)2)28-12-20(26)25(15(3)21(27)24-4)11-16-8-9-17(22)18(23)10-16/h5-10,15H,11-12H2,1-4H3,(H,24,27)/t15-/m0/s1. The molecule has 0 unspecified atom stereocenters. The lowest BCUT2D eigenvalue weighted by molar-refractivity contribution is -0.142. The van der Waals surface area contributed by atoms with Crippen LogP contribution in [-0.4, -0.2) is 36.4 Å². The molecular weight excluding hydrogens is 399 g/mol. The van der Waals surface area contributed by atoms with Crippen LogP contribution in [-0.2, 0) is 16.1 Å². The molecule has 0 bridgehead atoms. The molecule has 5 nitrogen and oxygen atoms in total. The van der Waals surface area contributed by atoms with Crippen LogP contribution in [0.15, 0.2) is 36.4 Å². The van der Waals surface area contributed by atoms with Crippen molar-refractivity contribution in [3.8, 4) is 5.75 Å². The molecule has 0 saturated heterocycles. The van der Waals surface area contributed by atoms with E-state index >= 15 is 0 Å². The summed E-state index contributed by atoms with van der Waals surface area (Å²) in [5, 5.41) is 3.40. The SMILES string of the molecule is CNC(=O)[C@H](C)N(Cc1ccc(Cl)c(Cl)c1)C(=O)COc1cccc(C)c1C. The van der Waals surface area contributed by atoms with E-state index in [9.17, 15) is 9.59 Å². The van der Waals surface area contributed by atoms with Crippen LogP contribution in [0.2, 0.25) is 10.0 Å². The second-order valence-corrected chi connectivity index (χ2v) is 7.36. The third-order valence-corrected chi connectivity index (χ3v) is 5.40. The smallest absolute Gasteiger partial charge is 0.261 e. The molecule has 28 heavy (non-hydrogen) atoms. The molecule has 7 heteroatoms. The Morgan fingerprint density at radius 2 is 1.86 bits per heavy atom. The molecule has 0 radical (unpaired) electrons. The highest BCUT2D eigenvalue weighted by Gasteiger charge is 2.26. The summed E-state index contributed by atoms with van der Waals surface area (Å²) < 4.78 is 5.73. The summed E-state index contributed by atoms with van der Waals surface area (Å²) >= 11 is 12.0. The topological polar surface area (TPSA) is 58.6 Å². The molecule has 150 valence electrons. The highest BCUT2D eigenvalue weighted by Crippen LogP contribution is 2.24. The van der Waals surface area contributed by atoms with E-state index < -0.39 is 6.04 Å². The van der Waals surface area contributed by atoms with Crippen molar-refractivity contribution in [3.05, 3.63) is 63.1 Å². The maximum Gasteiger partial charge on any atom is 0.261 e. The monoisotopic (exact) mass is 422 g/mol. The van der Waals surface area contributed by atoms with Gasteiger partial charge in [0.25, 0.3) is 5.91 Å². The number of amides is 2. The van der Waals surface area contributed by atoms with Crippen molar-refractivity contribution in [1.82, 2.24) is 10.2 Å². The molecular formula is C21H24Cl2N2O3. The summed E-state index contributed by atoms with van der Waals surface area (Å²) in [4.78, 5) is 26.5. The predicted molar refractivity (Wildman–Crippen MR) is 112 cm³/mol. The number of carbonyl (C=O) groups is 2. The minimum absolute atomic E-state index is 0.174. The van der Waals surface area contributed by atoms with E-state index in [4.69, 9.17) is 27.9 Å². The average molecular weight is 423 g/mol. The van der Waals surface area contributed by atoms with E-state index in [1.54, 1.807) is 25.1 Å². The second kappa shape index (κ2) is 9.80. The van der Waals surface area contributed by atoms with E-state index in [1.807, 2.05) is 32.0 Å². The van der Waals surface area contributed by atoms with Gasteiger partial charge < -0.3 is 15.0 Å². The Kier molecular flexibility index (Phi) is 7.72. The first-order chi connectivity index (χ1) is 13.2. The summed E-state index contributed by atoms with van der Waals surface area (Å²) in [6, 6.07) is 10.1. The number of hydrogen-bond donors (Lipinski definition) is 1. The molecule has 0 fully saturated rings. The van der Waals surface area contributed by atoms with Gasteiger partial charge in [-0.2, -0.15) is 0 Å². The molecule has 0 aromatic heterocycles. The second-order valence-electron chi connectivity index (χ2n) is 6.55. The number of carbonyl (C=O) groups excluding carboxylic acids is 2. The Hall–Kier alpha value is -2.24. The molecule has 0 aliphatic rings. The molecule has 2 aromatic carbocycles. The zero-order valence-electron chi connectivity index (χ0n) is 16.4. The third-order valence-electron chi connectivity index (χ3n) is 4.66. The maximum absolute atomic E-state index is 12.9. The van der Waals surface area contributed by atoms with E-state index in [2.05, 4.69) is 5.32 Å². The van der Waals surface area contributed by atoms with Crippen LogP contribution in [0.5, 0.6) is 5.75 Å². The summed E-state index contributed by atoms with van der Waals surface area (Å²) in [5.74, 6) is 0.0821. The van der Waals surface area contributed by atoms with Gasteiger partial charge in [-0.05, 0) is 55.7 Å². The number of likely N-dealkylation sites (N-methyl/N-ethyl adjacent to an activating group) is 1. The Labute approximate surface area is 175 Å². The minimum atomic E-state index is -0.672. The van der Waals surface area contributed by atoms with Crippen LogP contribution < -0.4 is 10.1 Å². The molecule has 2 rings (SSSR count). The van der Waals surface area contributed by atoms with E-state index in [-0.39, 0.29) is 25.0 Å². The molecule has 0 spiro atoms. The van der Waals surface area contributed by atoms with Gasteiger partial charge in [-0.15, -0.1) is 0 Å². The fourth-order valence-electron chi connectivity index (χ4n) is 2.73. The Morgan fingerprint density at radius 1 is 1.14 bits per heavy atom. The van der Waals surface area contributed by atoms with Gasteiger partial charge >= 0.3 is 0 Å². The number of nitrogens with zero attached hydrogens (tertiary/aromatic N) is 1. The summed E-state index contributed by atoms with van der Waals surface area (Å²) in [6.07, 6.45) is 0. The first kappa shape index (κ1) is 22.1. The van der Waals surface area contributed by atoms with E-state index in [0.29, 0.717) is 15.8 Å². The Morgan fingerprint density at radius 3 is 2.50 bits per heavy atom. The quantitative estimate of drug-likeness (QED) is 0.728. The van der Waals surface area contributed by atoms with Crippen LogP contribution in [0.3, 0.4) is 0 Å². The van der Waals surface area contributed by atoms with Crippen molar-refractivity contribution in [2.75, 3.05) is 13.7 Å². The van der Waals surface area contributed by atoms with E-state index in [0.717, 1.165) is 16.7 Å². The first-order valence-electron chi connectivity index (χ1n) is 8.88. The Balaban J connectivity index is 2.19. The van der Waals surface area contributed by atoms with Crippen LogP contribution in [0, 0.1) is 13.8 Å². The summed E-state index contributed by atoms with van der Waals surface area (Å²) in [5.41, 5.74) is 2.83. The largest absolute Gasteiger partial charge is 0.483 e. The van der Waals surface area contributed by atoms with Gasteiger partial charge in [-0.3, -0.25) is 9.59 Å². The number of hydrogen-bond acceptors (Lipinski definition) is 3. The lowest BCUT2D eigenvalue weighted by Crippen LogP contribution is -2.48. The van der Waals surface area contributed by atoms with Crippen molar-refractivity contribution in [1.29, 1.82) is 0 Å². The minimum Gasteiger partial charge on any atom is -0.483 e. The van der Waals surface area contributed by atoms with Crippen LogP contribution in [0.4, 0.5) is 0 Å². The molecule has 0 aliphatic carbocycles. The molecule has 0 heterocycles. The Bertz CT molecular complexity index is 871. The van der Waals surface area contributed by atoms with Crippen molar-refractivity contribution in [3.63, 3.8) is 0 Å².